The van der Waals surface area contributed by atoms with Crippen molar-refractivity contribution < 1.29 is 8.83 Å². The Labute approximate surface area is 134 Å². The molecule has 1 aromatic carbocycles. The van der Waals surface area contributed by atoms with Crippen molar-refractivity contribution in [2.75, 3.05) is 13.1 Å². The number of benzene rings is 1. The third-order valence-corrected chi connectivity index (χ3v) is 4.26. The standard InChI is InChI=1S/C18H19N3O2/c1-13-7-8-16(22-13)12-21-10-9-15(11-21)18-20-19-17(23-18)14-5-3-2-4-6-14/h2-8,15H,9-12H2,1H3. The van der Waals surface area contributed by atoms with Gasteiger partial charge in [-0.25, -0.2) is 0 Å². The van der Waals surface area contributed by atoms with E-state index in [0.717, 1.165) is 49.0 Å². The molecule has 1 saturated heterocycles. The van der Waals surface area contributed by atoms with Crippen LogP contribution in [0.2, 0.25) is 0 Å². The number of hydrogen-bond acceptors (Lipinski definition) is 5. The van der Waals surface area contributed by atoms with Gasteiger partial charge in [-0.15, -0.1) is 10.2 Å². The largest absolute Gasteiger partial charge is 0.465 e. The van der Waals surface area contributed by atoms with E-state index in [2.05, 4.69) is 15.1 Å². The molecule has 1 fully saturated rings. The average molecular weight is 309 g/mol. The lowest BCUT2D eigenvalue weighted by Crippen LogP contribution is -2.19. The number of likely N-dealkylation sites (tertiary alicyclic amines) is 1. The van der Waals surface area contributed by atoms with Gasteiger partial charge in [-0.05, 0) is 44.2 Å². The van der Waals surface area contributed by atoms with Crippen molar-refractivity contribution in [1.29, 1.82) is 0 Å². The second kappa shape index (κ2) is 6.01. The molecule has 1 atom stereocenters. The summed E-state index contributed by atoms with van der Waals surface area (Å²) >= 11 is 0. The van der Waals surface area contributed by atoms with Crippen molar-refractivity contribution in [2.45, 2.75) is 25.8 Å². The van der Waals surface area contributed by atoms with E-state index in [9.17, 15) is 0 Å². The van der Waals surface area contributed by atoms with Gasteiger partial charge < -0.3 is 8.83 Å². The molecule has 0 N–H and O–H groups in total. The average Bonchev–Trinajstić information content (AvgIpc) is 3.29. The molecule has 0 spiro atoms. The lowest BCUT2D eigenvalue weighted by molar-refractivity contribution is 0.287. The van der Waals surface area contributed by atoms with Crippen LogP contribution in [0.4, 0.5) is 0 Å². The molecule has 3 aromatic rings. The zero-order chi connectivity index (χ0) is 15.6. The van der Waals surface area contributed by atoms with Crippen LogP contribution in [0.15, 0.2) is 51.3 Å². The first-order valence-electron chi connectivity index (χ1n) is 7.94. The van der Waals surface area contributed by atoms with Gasteiger partial charge in [0.1, 0.15) is 11.5 Å². The van der Waals surface area contributed by atoms with Crippen LogP contribution in [0.25, 0.3) is 11.5 Å². The minimum atomic E-state index is 0.302. The highest BCUT2D eigenvalue weighted by molar-refractivity contribution is 5.51. The zero-order valence-electron chi connectivity index (χ0n) is 13.1. The van der Waals surface area contributed by atoms with Crippen molar-refractivity contribution >= 4 is 0 Å². The van der Waals surface area contributed by atoms with Crippen molar-refractivity contribution in [3.63, 3.8) is 0 Å². The van der Waals surface area contributed by atoms with Crippen LogP contribution in [0, 0.1) is 6.92 Å². The molecule has 118 valence electrons. The fourth-order valence-corrected chi connectivity index (χ4v) is 3.07. The van der Waals surface area contributed by atoms with Gasteiger partial charge in [0.25, 0.3) is 0 Å². The number of rotatable bonds is 4. The Morgan fingerprint density at radius 2 is 1.96 bits per heavy atom. The molecule has 0 aliphatic carbocycles. The van der Waals surface area contributed by atoms with Crippen LogP contribution in [0.1, 0.15) is 29.7 Å². The first kappa shape index (κ1) is 14.2. The molecule has 5 nitrogen and oxygen atoms in total. The summed E-state index contributed by atoms with van der Waals surface area (Å²) in [6.07, 6.45) is 1.04. The maximum Gasteiger partial charge on any atom is 0.247 e. The highest BCUT2D eigenvalue weighted by Crippen LogP contribution is 2.29. The smallest absolute Gasteiger partial charge is 0.247 e. The normalized spacial score (nSPS) is 18.6. The molecule has 23 heavy (non-hydrogen) atoms. The third kappa shape index (κ3) is 3.05. The Balaban J connectivity index is 1.43. The van der Waals surface area contributed by atoms with Gasteiger partial charge in [0.2, 0.25) is 11.8 Å². The van der Waals surface area contributed by atoms with E-state index in [-0.39, 0.29) is 0 Å². The summed E-state index contributed by atoms with van der Waals surface area (Å²) in [4.78, 5) is 2.37. The monoisotopic (exact) mass is 309 g/mol. The van der Waals surface area contributed by atoms with Crippen molar-refractivity contribution in [3.05, 3.63) is 59.9 Å². The highest BCUT2D eigenvalue weighted by Gasteiger charge is 2.28. The molecule has 1 aliphatic rings. The van der Waals surface area contributed by atoms with E-state index in [1.165, 1.54) is 0 Å². The number of hydrogen-bond donors (Lipinski definition) is 0. The van der Waals surface area contributed by atoms with Gasteiger partial charge in [0.05, 0.1) is 12.5 Å². The van der Waals surface area contributed by atoms with E-state index in [1.807, 2.05) is 49.4 Å². The predicted molar refractivity (Wildman–Crippen MR) is 85.8 cm³/mol. The lowest BCUT2D eigenvalue weighted by Gasteiger charge is -2.12. The Hall–Kier alpha value is -2.40. The van der Waals surface area contributed by atoms with Crippen LogP contribution >= 0.6 is 0 Å². The number of aromatic nitrogens is 2. The molecule has 4 rings (SSSR count). The quantitative estimate of drug-likeness (QED) is 0.736. The summed E-state index contributed by atoms with van der Waals surface area (Å²) in [7, 11) is 0. The Kier molecular flexibility index (Phi) is 3.71. The van der Waals surface area contributed by atoms with Crippen molar-refractivity contribution in [1.82, 2.24) is 15.1 Å². The first-order valence-corrected chi connectivity index (χ1v) is 7.94. The van der Waals surface area contributed by atoms with Gasteiger partial charge in [-0.1, -0.05) is 18.2 Å². The fourth-order valence-electron chi connectivity index (χ4n) is 3.07. The minimum Gasteiger partial charge on any atom is -0.465 e. The summed E-state index contributed by atoms with van der Waals surface area (Å²) in [5.74, 6) is 3.61. The van der Waals surface area contributed by atoms with Crippen LogP contribution in [0.3, 0.4) is 0 Å². The zero-order valence-corrected chi connectivity index (χ0v) is 13.1. The van der Waals surface area contributed by atoms with E-state index < -0.39 is 0 Å². The topological polar surface area (TPSA) is 55.3 Å². The maximum atomic E-state index is 5.88. The molecule has 1 aliphatic heterocycles. The summed E-state index contributed by atoms with van der Waals surface area (Å²) in [5, 5.41) is 8.44. The molecule has 0 amide bonds. The molecule has 3 heterocycles. The second-order valence-electron chi connectivity index (χ2n) is 6.04. The van der Waals surface area contributed by atoms with Crippen LogP contribution in [-0.4, -0.2) is 28.2 Å². The SMILES string of the molecule is Cc1ccc(CN2CCC(c3nnc(-c4ccccc4)o3)C2)o1. The molecule has 0 saturated carbocycles. The van der Waals surface area contributed by atoms with Gasteiger partial charge in [0.15, 0.2) is 0 Å². The Morgan fingerprint density at radius 1 is 1.09 bits per heavy atom. The van der Waals surface area contributed by atoms with Crippen LogP contribution in [0.5, 0.6) is 0 Å². The molecular formula is C18H19N3O2. The predicted octanol–water partition coefficient (Wildman–Crippen LogP) is 3.63. The third-order valence-electron chi connectivity index (χ3n) is 4.26. The lowest BCUT2D eigenvalue weighted by atomic mass is 10.1. The van der Waals surface area contributed by atoms with Gasteiger partial charge in [-0.3, -0.25) is 4.90 Å². The summed E-state index contributed by atoms with van der Waals surface area (Å²) in [6, 6.07) is 13.9. The summed E-state index contributed by atoms with van der Waals surface area (Å²) in [5.41, 5.74) is 0.965. The van der Waals surface area contributed by atoms with Gasteiger partial charge in [0, 0.05) is 12.1 Å². The number of furan rings is 1. The molecule has 2 aromatic heterocycles. The molecule has 0 bridgehead atoms. The van der Waals surface area contributed by atoms with E-state index >= 15 is 0 Å². The first-order chi connectivity index (χ1) is 11.3. The highest BCUT2D eigenvalue weighted by atomic mass is 16.4. The van der Waals surface area contributed by atoms with E-state index in [1.54, 1.807) is 0 Å². The van der Waals surface area contributed by atoms with Crippen LogP contribution < -0.4 is 0 Å². The molecular weight excluding hydrogens is 290 g/mol. The van der Waals surface area contributed by atoms with Crippen LogP contribution in [-0.2, 0) is 6.54 Å². The second-order valence-corrected chi connectivity index (χ2v) is 6.04. The van der Waals surface area contributed by atoms with Crippen molar-refractivity contribution in [2.24, 2.45) is 0 Å². The fraction of sp³-hybridized carbons (Fsp3) is 0.333. The minimum absolute atomic E-state index is 0.302. The summed E-state index contributed by atoms with van der Waals surface area (Å²) in [6.45, 7) is 4.76. The molecule has 5 heteroatoms. The van der Waals surface area contributed by atoms with E-state index in [4.69, 9.17) is 8.83 Å². The Bertz CT molecular complexity index is 778. The molecule has 0 radical (unpaired) electrons. The number of nitrogens with zero attached hydrogens (tertiary/aromatic N) is 3. The van der Waals surface area contributed by atoms with Crippen molar-refractivity contribution in [3.8, 4) is 11.5 Å². The molecule has 1 unspecified atom stereocenters. The maximum absolute atomic E-state index is 5.88. The Morgan fingerprint density at radius 3 is 2.74 bits per heavy atom. The van der Waals surface area contributed by atoms with E-state index in [0.29, 0.717) is 11.8 Å². The number of aryl methyl sites for hydroxylation is 1. The summed E-state index contributed by atoms with van der Waals surface area (Å²) < 4.78 is 11.5. The van der Waals surface area contributed by atoms with Gasteiger partial charge in [-0.2, -0.15) is 0 Å². The van der Waals surface area contributed by atoms with Gasteiger partial charge >= 0.3 is 0 Å².